The lowest BCUT2D eigenvalue weighted by molar-refractivity contribution is 0.0840. The summed E-state index contributed by atoms with van der Waals surface area (Å²) in [7, 11) is 0. The van der Waals surface area contributed by atoms with Gasteiger partial charge in [-0.1, -0.05) is 44.2 Å². The van der Waals surface area contributed by atoms with E-state index in [0.717, 1.165) is 31.0 Å². The van der Waals surface area contributed by atoms with Gasteiger partial charge in [-0.25, -0.2) is 0 Å². The highest BCUT2D eigenvalue weighted by molar-refractivity contribution is 6.00. The fourth-order valence-corrected chi connectivity index (χ4v) is 2.66. The maximum atomic E-state index is 12.4. The van der Waals surface area contributed by atoms with Crippen LogP contribution in [0.5, 0.6) is 0 Å². The van der Waals surface area contributed by atoms with Crippen LogP contribution in [0.2, 0.25) is 0 Å². The summed E-state index contributed by atoms with van der Waals surface area (Å²) in [5.41, 5.74) is 0.846. The van der Waals surface area contributed by atoms with Crippen LogP contribution in [0.15, 0.2) is 30.3 Å². The Morgan fingerprint density at radius 2 is 2.12 bits per heavy atom. The molecular formula is C15H21NO. The van der Waals surface area contributed by atoms with Gasteiger partial charge in [0.2, 0.25) is 0 Å². The van der Waals surface area contributed by atoms with E-state index < -0.39 is 0 Å². The fraction of sp³-hybridized carbons (Fsp3) is 0.533. The molecule has 0 N–H and O–H groups in total. The van der Waals surface area contributed by atoms with E-state index in [2.05, 4.69) is 18.7 Å². The predicted molar refractivity (Wildman–Crippen MR) is 70.2 cm³/mol. The van der Waals surface area contributed by atoms with Gasteiger partial charge in [-0.15, -0.1) is 0 Å². The van der Waals surface area contributed by atoms with Crippen LogP contribution < -0.4 is 0 Å². The monoisotopic (exact) mass is 231 g/mol. The molecule has 2 unspecified atom stereocenters. The molecule has 17 heavy (non-hydrogen) atoms. The third-order valence-electron chi connectivity index (χ3n) is 3.64. The zero-order chi connectivity index (χ0) is 12.3. The molecule has 0 bridgehead atoms. The molecule has 0 spiro atoms. The molecule has 0 aromatic heterocycles. The van der Waals surface area contributed by atoms with Crippen LogP contribution >= 0.6 is 0 Å². The minimum absolute atomic E-state index is 0.0716. The quantitative estimate of drug-likeness (QED) is 0.742. The minimum atomic E-state index is 0.0716. The molecule has 0 saturated carbocycles. The summed E-state index contributed by atoms with van der Waals surface area (Å²) in [6, 6.07) is 9.74. The van der Waals surface area contributed by atoms with Gasteiger partial charge in [-0.3, -0.25) is 9.69 Å². The summed E-state index contributed by atoms with van der Waals surface area (Å²) in [5, 5.41) is 0. The molecular weight excluding hydrogens is 210 g/mol. The fourth-order valence-electron chi connectivity index (χ4n) is 2.66. The molecule has 0 aliphatic carbocycles. The molecule has 0 radical (unpaired) electrons. The average Bonchev–Trinajstić information content (AvgIpc) is 2.78. The van der Waals surface area contributed by atoms with Gasteiger partial charge < -0.3 is 0 Å². The molecule has 2 rings (SSSR count). The van der Waals surface area contributed by atoms with E-state index in [1.165, 1.54) is 6.42 Å². The van der Waals surface area contributed by atoms with Gasteiger partial charge in [0.05, 0.1) is 6.04 Å². The van der Waals surface area contributed by atoms with E-state index in [4.69, 9.17) is 0 Å². The van der Waals surface area contributed by atoms with Crippen LogP contribution in [-0.2, 0) is 0 Å². The number of likely N-dealkylation sites (tertiary alicyclic amines) is 1. The van der Waals surface area contributed by atoms with Crippen LogP contribution in [0.4, 0.5) is 0 Å². The molecule has 1 fully saturated rings. The van der Waals surface area contributed by atoms with Crippen molar-refractivity contribution in [1.29, 1.82) is 0 Å². The first-order chi connectivity index (χ1) is 8.22. The van der Waals surface area contributed by atoms with Gasteiger partial charge in [0.25, 0.3) is 0 Å². The Balaban J connectivity index is 2.11. The van der Waals surface area contributed by atoms with Gasteiger partial charge >= 0.3 is 0 Å². The maximum Gasteiger partial charge on any atom is 0.179 e. The minimum Gasteiger partial charge on any atom is -0.293 e. The van der Waals surface area contributed by atoms with Gasteiger partial charge in [0.1, 0.15) is 0 Å². The van der Waals surface area contributed by atoms with E-state index in [1.54, 1.807) is 0 Å². The van der Waals surface area contributed by atoms with Crippen LogP contribution in [-0.4, -0.2) is 29.8 Å². The number of benzene rings is 1. The SMILES string of the molecule is CCC(C(=O)c1ccccc1)N1CCC(C)C1. The molecule has 92 valence electrons. The molecule has 2 nitrogen and oxygen atoms in total. The van der Waals surface area contributed by atoms with E-state index in [-0.39, 0.29) is 11.8 Å². The van der Waals surface area contributed by atoms with Crippen molar-refractivity contribution in [2.24, 2.45) is 5.92 Å². The van der Waals surface area contributed by atoms with E-state index in [1.807, 2.05) is 30.3 Å². The highest BCUT2D eigenvalue weighted by Crippen LogP contribution is 2.21. The zero-order valence-corrected chi connectivity index (χ0v) is 10.7. The van der Waals surface area contributed by atoms with E-state index >= 15 is 0 Å². The highest BCUT2D eigenvalue weighted by atomic mass is 16.1. The lowest BCUT2D eigenvalue weighted by Crippen LogP contribution is -2.39. The third-order valence-corrected chi connectivity index (χ3v) is 3.64. The van der Waals surface area contributed by atoms with Crippen molar-refractivity contribution in [1.82, 2.24) is 4.90 Å². The molecule has 1 saturated heterocycles. The smallest absolute Gasteiger partial charge is 0.179 e. The van der Waals surface area contributed by atoms with Crippen LogP contribution in [0.1, 0.15) is 37.0 Å². The summed E-state index contributed by atoms with van der Waals surface area (Å²) in [4.78, 5) is 14.8. The van der Waals surface area contributed by atoms with Crippen molar-refractivity contribution in [2.75, 3.05) is 13.1 Å². The summed E-state index contributed by atoms with van der Waals surface area (Å²) in [6.45, 7) is 6.50. The number of carbonyl (C=O) groups excluding carboxylic acids is 1. The first-order valence-corrected chi connectivity index (χ1v) is 6.55. The molecule has 1 aliphatic rings. The Morgan fingerprint density at radius 3 is 2.65 bits per heavy atom. The van der Waals surface area contributed by atoms with Crippen molar-refractivity contribution in [3.63, 3.8) is 0 Å². The standard InChI is InChI=1S/C15H21NO/c1-3-14(16-10-9-12(2)11-16)15(17)13-7-5-4-6-8-13/h4-8,12,14H,3,9-11H2,1-2H3. The number of hydrogen-bond acceptors (Lipinski definition) is 2. The van der Waals surface area contributed by atoms with Gasteiger partial charge in [-0.2, -0.15) is 0 Å². The summed E-state index contributed by atoms with van der Waals surface area (Å²) < 4.78 is 0. The molecule has 1 aromatic rings. The largest absolute Gasteiger partial charge is 0.293 e. The van der Waals surface area contributed by atoms with Crippen LogP contribution in [0.3, 0.4) is 0 Å². The van der Waals surface area contributed by atoms with Crippen molar-refractivity contribution < 1.29 is 4.79 Å². The van der Waals surface area contributed by atoms with Gasteiger partial charge in [-0.05, 0) is 25.3 Å². The van der Waals surface area contributed by atoms with Crippen molar-refractivity contribution in [3.05, 3.63) is 35.9 Å². The second-order valence-electron chi connectivity index (χ2n) is 5.04. The Hall–Kier alpha value is -1.15. The number of Topliss-reactive ketones (excluding diaryl/α,β-unsaturated/α-hetero) is 1. The summed E-state index contributed by atoms with van der Waals surface area (Å²) >= 11 is 0. The van der Waals surface area contributed by atoms with Gasteiger partial charge in [0, 0.05) is 12.1 Å². The van der Waals surface area contributed by atoms with Crippen molar-refractivity contribution in [3.8, 4) is 0 Å². The second-order valence-corrected chi connectivity index (χ2v) is 5.04. The number of hydrogen-bond donors (Lipinski definition) is 0. The lowest BCUT2D eigenvalue weighted by Gasteiger charge is -2.25. The zero-order valence-electron chi connectivity index (χ0n) is 10.7. The normalized spacial score (nSPS) is 22.6. The molecule has 1 aromatic carbocycles. The maximum absolute atomic E-state index is 12.4. The van der Waals surface area contributed by atoms with Crippen LogP contribution in [0, 0.1) is 5.92 Å². The molecule has 0 amide bonds. The topological polar surface area (TPSA) is 20.3 Å². The van der Waals surface area contributed by atoms with Crippen molar-refractivity contribution >= 4 is 5.78 Å². The molecule has 1 aliphatic heterocycles. The lowest BCUT2D eigenvalue weighted by atomic mass is 10.0. The number of rotatable bonds is 4. The van der Waals surface area contributed by atoms with Crippen LogP contribution in [0.25, 0.3) is 0 Å². The Labute approximate surface area is 104 Å². The Bertz CT molecular complexity index is 374. The number of ketones is 1. The highest BCUT2D eigenvalue weighted by Gasteiger charge is 2.29. The summed E-state index contributed by atoms with van der Waals surface area (Å²) in [5.74, 6) is 1.01. The molecule has 2 heteroatoms. The predicted octanol–water partition coefficient (Wildman–Crippen LogP) is 2.99. The van der Waals surface area contributed by atoms with E-state index in [0.29, 0.717) is 0 Å². The van der Waals surface area contributed by atoms with Gasteiger partial charge in [0.15, 0.2) is 5.78 Å². The van der Waals surface area contributed by atoms with Crippen molar-refractivity contribution in [2.45, 2.75) is 32.7 Å². The third kappa shape index (κ3) is 2.75. The number of carbonyl (C=O) groups is 1. The van der Waals surface area contributed by atoms with E-state index in [9.17, 15) is 4.79 Å². The first kappa shape index (κ1) is 12.3. The number of nitrogens with zero attached hydrogens (tertiary/aromatic N) is 1. The second kappa shape index (κ2) is 5.46. The Morgan fingerprint density at radius 1 is 1.41 bits per heavy atom. The first-order valence-electron chi connectivity index (χ1n) is 6.55. The average molecular weight is 231 g/mol. The summed E-state index contributed by atoms with van der Waals surface area (Å²) in [6.07, 6.45) is 2.12. The molecule has 1 heterocycles. The Kier molecular flexibility index (Phi) is 3.95. The molecule has 2 atom stereocenters.